The summed E-state index contributed by atoms with van der Waals surface area (Å²) >= 11 is 0. The molecular formula is C23H29N7. The molecule has 1 aromatic carbocycles. The highest BCUT2D eigenvalue weighted by atomic mass is 15.3. The molecular weight excluding hydrogens is 374 g/mol. The number of nitrogens with one attached hydrogen (secondary N) is 1. The van der Waals surface area contributed by atoms with Crippen molar-refractivity contribution in [3.05, 3.63) is 36.7 Å². The smallest absolute Gasteiger partial charge is 0.229 e. The summed E-state index contributed by atoms with van der Waals surface area (Å²) in [6.45, 7) is 4.39. The van der Waals surface area contributed by atoms with Crippen LogP contribution in [0.3, 0.4) is 0 Å². The first-order chi connectivity index (χ1) is 14.7. The van der Waals surface area contributed by atoms with Crippen molar-refractivity contribution < 1.29 is 0 Å². The predicted octanol–water partition coefficient (Wildman–Crippen LogP) is 3.68. The molecule has 1 saturated heterocycles. The molecule has 2 bridgehead atoms. The average molecular weight is 404 g/mol. The number of nitrogens with zero attached hydrogens (tertiary/aromatic N) is 6. The van der Waals surface area contributed by atoms with Gasteiger partial charge in [0.25, 0.3) is 0 Å². The van der Waals surface area contributed by atoms with Crippen molar-refractivity contribution in [2.24, 2.45) is 11.8 Å². The Morgan fingerprint density at radius 1 is 0.967 bits per heavy atom. The Labute approximate surface area is 177 Å². The highest BCUT2D eigenvalue weighted by Crippen LogP contribution is 2.50. The lowest BCUT2D eigenvalue weighted by molar-refractivity contribution is 0.313. The van der Waals surface area contributed by atoms with Crippen LogP contribution in [0.1, 0.15) is 31.7 Å². The van der Waals surface area contributed by atoms with E-state index in [0.29, 0.717) is 12.0 Å². The van der Waals surface area contributed by atoms with Gasteiger partial charge in [0.2, 0.25) is 5.95 Å². The number of fused-ring (bicyclic) bond motifs is 3. The van der Waals surface area contributed by atoms with Crippen LogP contribution in [0.25, 0.3) is 11.0 Å². The molecule has 0 amide bonds. The van der Waals surface area contributed by atoms with Gasteiger partial charge in [-0.15, -0.1) is 0 Å². The van der Waals surface area contributed by atoms with Gasteiger partial charge >= 0.3 is 0 Å². The van der Waals surface area contributed by atoms with E-state index in [2.05, 4.69) is 56.1 Å². The van der Waals surface area contributed by atoms with E-state index < -0.39 is 0 Å². The van der Waals surface area contributed by atoms with Crippen molar-refractivity contribution in [3.63, 3.8) is 0 Å². The first-order valence-electron chi connectivity index (χ1n) is 11.2. The maximum atomic E-state index is 4.84. The molecule has 156 valence electrons. The van der Waals surface area contributed by atoms with Crippen LogP contribution in [0.15, 0.2) is 36.7 Å². The lowest BCUT2D eigenvalue weighted by Gasteiger charge is -2.34. The standard InChI is InChI=1S/C23H29N7/c1-28-8-10-29(11-9-28)20-6-4-19(5-7-20)26-23-24-14-18-15-25-30(22(18)27-23)21-13-16-2-3-17(21)12-16/h4-7,14-17,21H,2-3,8-13H2,1H3,(H,24,26,27)/t16-,17+,21-/m0/s1. The number of hydrogen-bond donors (Lipinski definition) is 1. The molecule has 1 N–H and O–H groups in total. The van der Waals surface area contributed by atoms with Crippen molar-refractivity contribution in [2.45, 2.75) is 31.7 Å². The van der Waals surface area contributed by atoms with Gasteiger partial charge in [-0.05, 0) is 62.4 Å². The van der Waals surface area contributed by atoms with Crippen molar-refractivity contribution in [3.8, 4) is 0 Å². The van der Waals surface area contributed by atoms with E-state index in [-0.39, 0.29) is 0 Å². The van der Waals surface area contributed by atoms with E-state index >= 15 is 0 Å². The van der Waals surface area contributed by atoms with E-state index in [1.54, 1.807) is 0 Å². The monoisotopic (exact) mass is 403 g/mol. The molecule has 30 heavy (non-hydrogen) atoms. The molecule has 6 rings (SSSR count). The fraction of sp³-hybridized carbons (Fsp3) is 0.522. The van der Waals surface area contributed by atoms with Gasteiger partial charge < -0.3 is 15.1 Å². The third-order valence-corrected chi connectivity index (χ3v) is 7.34. The lowest BCUT2D eigenvalue weighted by Crippen LogP contribution is -2.44. The van der Waals surface area contributed by atoms with Gasteiger partial charge in [-0.3, -0.25) is 0 Å². The Hall–Kier alpha value is -2.67. The number of rotatable bonds is 4. The van der Waals surface area contributed by atoms with E-state index in [1.807, 2.05) is 12.4 Å². The summed E-state index contributed by atoms with van der Waals surface area (Å²) in [6.07, 6.45) is 9.15. The zero-order chi connectivity index (χ0) is 20.1. The third kappa shape index (κ3) is 3.21. The van der Waals surface area contributed by atoms with Gasteiger partial charge in [0.15, 0.2) is 5.65 Å². The van der Waals surface area contributed by atoms with Crippen molar-refractivity contribution >= 4 is 28.4 Å². The van der Waals surface area contributed by atoms with Gasteiger partial charge in [0.05, 0.1) is 17.6 Å². The first kappa shape index (κ1) is 18.1. The van der Waals surface area contributed by atoms with Crippen LogP contribution in [0.5, 0.6) is 0 Å². The topological polar surface area (TPSA) is 62.1 Å². The Morgan fingerprint density at radius 2 is 1.80 bits per heavy atom. The highest BCUT2D eigenvalue weighted by Gasteiger charge is 2.41. The minimum atomic E-state index is 0.506. The van der Waals surface area contributed by atoms with Crippen molar-refractivity contribution in [1.82, 2.24) is 24.6 Å². The zero-order valence-electron chi connectivity index (χ0n) is 17.5. The third-order valence-electron chi connectivity index (χ3n) is 7.34. The number of aromatic nitrogens is 4. The predicted molar refractivity (Wildman–Crippen MR) is 119 cm³/mol. The Morgan fingerprint density at radius 3 is 2.53 bits per heavy atom. The van der Waals surface area contributed by atoms with Gasteiger partial charge in [-0.1, -0.05) is 6.42 Å². The average Bonchev–Trinajstić information content (AvgIpc) is 3.50. The maximum absolute atomic E-state index is 4.84. The first-order valence-corrected chi connectivity index (χ1v) is 11.2. The normalized spacial score (nSPS) is 26.6. The number of likely N-dealkylation sites (N-methyl/N-ethyl adjacent to an activating group) is 1. The quantitative estimate of drug-likeness (QED) is 0.717. The summed E-state index contributed by atoms with van der Waals surface area (Å²) in [4.78, 5) is 14.2. The lowest BCUT2D eigenvalue weighted by atomic mass is 9.95. The molecule has 3 aromatic rings. The maximum Gasteiger partial charge on any atom is 0.229 e. The van der Waals surface area contributed by atoms with E-state index in [4.69, 9.17) is 10.1 Å². The summed E-state index contributed by atoms with van der Waals surface area (Å²) in [5.74, 6) is 2.30. The van der Waals surface area contributed by atoms with Crippen molar-refractivity contribution in [2.75, 3.05) is 43.4 Å². The molecule has 2 aromatic heterocycles. The van der Waals surface area contributed by atoms with Gasteiger partial charge in [0.1, 0.15) is 0 Å². The molecule has 2 aliphatic carbocycles. The summed E-state index contributed by atoms with van der Waals surface area (Å²) in [7, 11) is 2.18. The number of benzene rings is 1. The van der Waals surface area contributed by atoms with Crippen LogP contribution in [0.2, 0.25) is 0 Å². The summed E-state index contributed by atoms with van der Waals surface area (Å²) in [5, 5.41) is 9.10. The van der Waals surface area contributed by atoms with E-state index in [1.165, 1.54) is 31.4 Å². The van der Waals surface area contributed by atoms with E-state index in [0.717, 1.165) is 54.7 Å². The second-order valence-corrected chi connectivity index (χ2v) is 9.27. The SMILES string of the molecule is CN1CCN(c2ccc(Nc3ncc4cnn([C@H]5C[C@H]6CC[C@@H]5C6)c4n3)cc2)CC1. The second-order valence-electron chi connectivity index (χ2n) is 9.27. The largest absolute Gasteiger partial charge is 0.369 e. The molecule has 0 radical (unpaired) electrons. The number of anilines is 3. The molecule has 0 unspecified atom stereocenters. The molecule has 3 heterocycles. The Balaban J connectivity index is 1.20. The summed E-state index contributed by atoms with van der Waals surface area (Å²) < 4.78 is 2.17. The molecule has 0 spiro atoms. The van der Waals surface area contributed by atoms with Gasteiger partial charge in [-0.2, -0.15) is 10.1 Å². The molecule has 7 heteroatoms. The highest BCUT2D eigenvalue weighted by molar-refractivity contribution is 5.75. The molecule has 1 aliphatic heterocycles. The van der Waals surface area contributed by atoms with Crippen LogP contribution in [-0.2, 0) is 0 Å². The fourth-order valence-corrected chi connectivity index (χ4v) is 5.60. The number of hydrogen-bond acceptors (Lipinski definition) is 6. The summed E-state index contributed by atoms with van der Waals surface area (Å²) in [5.41, 5.74) is 3.25. The van der Waals surface area contributed by atoms with Gasteiger partial charge in [0, 0.05) is 43.8 Å². The Kier molecular flexibility index (Phi) is 4.37. The summed E-state index contributed by atoms with van der Waals surface area (Å²) in [6, 6.07) is 9.12. The van der Waals surface area contributed by atoms with Crippen LogP contribution in [0.4, 0.5) is 17.3 Å². The number of piperazine rings is 1. The fourth-order valence-electron chi connectivity index (χ4n) is 5.60. The van der Waals surface area contributed by atoms with Crippen LogP contribution >= 0.6 is 0 Å². The van der Waals surface area contributed by atoms with Crippen LogP contribution in [0, 0.1) is 11.8 Å². The molecule has 3 fully saturated rings. The minimum Gasteiger partial charge on any atom is -0.369 e. The van der Waals surface area contributed by atoms with Crippen LogP contribution < -0.4 is 10.2 Å². The second kappa shape index (κ2) is 7.23. The molecule has 2 saturated carbocycles. The molecule has 3 aliphatic rings. The Bertz CT molecular complexity index is 1040. The zero-order valence-corrected chi connectivity index (χ0v) is 17.5. The molecule has 7 nitrogen and oxygen atoms in total. The molecule has 3 atom stereocenters. The van der Waals surface area contributed by atoms with E-state index in [9.17, 15) is 0 Å². The van der Waals surface area contributed by atoms with Crippen molar-refractivity contribution in [1.29, 1.82) is 0 Å². The minimum absolute atomic E-state index is 0.506. The van der Waals surface area contributed by atoms with Crippen LogP contribution in [-0.4, -0.2) is 57.9 Å². The van der Waals surface area contributed by atoms with Gasteiger partial charge in [-0.25, -0.2) is 9.67 Å².